The summed E-state index contributed by atoms with van der Waals surface area (Å²) in [4.78, 5) is 30.2. The first-order chi connectivity index (χ1) is 11.1. The van der Waals surface area contributed by atoms with Crippen molar-refractivity contribution in [2.45, 2.75) is 33.4 Å². The first kappa shape index (κ1) is 16.7. The number of ether oxygens (including phenoxy) is 1. The Morgan fingerprint density at radius 2 is 2.22 bits per heavy atom. The van der Waals surface area contributed by atoms with E-state index in [2.05, 4.69) is 10.1 Å². The summed E-state index contributed by atoms with van der Waals surface area (Å²) in [6.45, 7) is 4.40. The molecule has 1 amide bonds. The van der Waals surface area contributed by atoms with E-state index < -0.39 is 0 Å². The van der Waals surface area contributed by atoms with Gasteiger partial charge in [-0.25, -0.2) is 0 Å². The van der Waals surface area contributed by atoms with Crippen LogP contribution in [0, 0.1) is 0 Å². The molecule has 23 heavy (non-hydrogen) atoms. The molecular weight excluding hydrogens is 300 g/mol. The van der Waals surface area contributed by atoms with Crippen LogP contribution in [0.4, 0.5) is 0 Å². The van der Waals surface area contributed by atoms with Crippen LogP contribution in [0.5, 0.6) is 5.75 Å². The predicted octanol–water partition coefficient (Wildman–Crippen LogP) is 0.851. The van der Waals surface area contributed by atoms with Crippen LogP contribution in [0.3, 0.4) is 0 Å². The molecule has 2 heterocycles. The summed E-state index contributed by atoms with van der Waals surface area (Å²) in [6.07, 6.45) is 2.22. The van der Waals surface area contributed by atoms with Gasteiger partial charge in [-0.3, -0.25) is 9.59 Å². The van der Waals surface area contributed by atoms with E-state index in [-0.39, 0.29) is 30.3 Å². The Hall–Kier alpha value is -2.64. The van der Waals surface area contributed by atoms with E-state index in [1.54, 1.807) is 23.2 Å². The molecule has 0 saturated heterocycles. The van der Waals surface area contributed by atoms with E-state index in [0.717, 1.165) is 0 Å². The zero-order valence-electron chi connectivity index (χ0n) is 13.5. The molecule has 0 aromatic carbocycles. The summed E-state index contributed by atoms with van der Waals surface area (Å²) >= 11 is 0. The first-order valence-corrected chi connectivity index (χ1v) is 7.41. The molecule has 0 aliphatic carbocycles. The molecule has 124 valence electrons. The number of amides is 1. The molecule has 0 fully saturated rings. The maximum absolute atomic E-state index is 12.4. The fourth-order valence-electron chi connectivity index (χ4n) is 2.08. The third-order valence-electron chi connectivity index (χ3n) is 3.40. The molecule has 0 bridgehead atoms. The molecular formula is C15H20N4O4. The number of methoxy groups -OCH3 is 1. The number of hydrogen-bond acceptors (Lipinski definition) is 6. The molecule has 0 radical (unpaired) electrons. The Kier molecular flexibility index (Phi) is 5.51. The van der Waals surface area contributed by atoms with Crippen molar-refractivity contribution >= 4 is 5.91 Å². The second kappa shape index (κ2) is 7.57. The van der Waals surface area contributed by atoms with Crippen LogP contribution >= 0.6 is 0 Å². The van der Waals surface area contributed by atoms with Gasteiger partial charge >= 0.3 is 0 Å². The maximum Gasteiger partial charge on any atom is 0.293 e. The number of hydrogen-bond donors (Lipinski definition) is 0. The number of pyridine rings is 1. The molecule has 0 spiro atoms. The highest BCUT2D eigenvalue weighted by molar-refractivity contribution is 5.75. The van der Waals surface area contributed by atoms with Gasteiger partial charge in [0.1, 0.15) is 13.1 Å². The second-order valence-electron chi connectivity index (χ2n) is 4.88. The van der Waals surface area contributed by atoms with Crippen molar-refractivity contribution in [3.8, 4) is 5.75 Å². The molecule has 8 nitrogen and oxygen atoms in total. The number of rotatable bonds is 7. The smallest absolute Gasteiger partial charge is 0.293 e. The van der Waals surface area contributed by atoms with Crippen molar-refractivity contribution < 1.29 is 14.1 Å². The largest absolute Gasteiger partial charge is 0.491 e. The van der Waals surface area contributed by atoms with Gasteiger partial charge in [0.05, 0.1) is 7.11 Å². The van der Waals surface area contributed by atoms with E-state index in [9.17, 15) is 9.59 Å². The van der Waals surface area contributed by atoms with Gasteiger partial charge in [0, 0.05) is 19.2 Å². The highest BCUT2D eigenvalue weighted by Crippen LogP contribution is 2.05. The van der Waals surface area contributed by atoms with Gasteiger partial charge in [-0.05, 0) is 19.1 Å². The zero-order valence-corrected chi connectivity index (χ0v) is 13.5. The molecule has 8 heteroatoms. The number of carbonyl (C=O) groups is 1. The number of likely N-dealkylation sites (N-methyl/N-ethyl adjacent to an activating group) is 1. The van der Waals surface area contributed by atoms with Crippen LogP contribution in [-0.4, -0.2) is 39.2 Å². The lowest BCUT2D eigenvalue weighted by molar-refractivity contribution is -0.132. The van der Waals surface area contributed by atoms with Crippen molar-refractivity contribution in [2.75, 3.05) is 13.7 Å². The fraction of sp³-hybridized carbons (Fsp3) is 0.467. The second-order valence-corrected chi connectivity index (χ2v) is 4.88. The van der Waals surface area contributed by atoms with E-state index in [4.69, 9.17) is 9.26 Å². The number of aromatic nitrogens is 3. The average molecular weight is 320 g/mol. The summed E-state index contributed by atoms with van der Waals surface area (Å²) in [6, 6.07) is 3.22. The fourth-order valence-corrected chi connectivity index (χ4v) is 2.08. The van der Waals surface area contributed by atoms with Crippen LogP contribution in [0.2, 0.25) is 0 Å². The van der Waals surface area contributed by atoms with Crippen molar-refractivity contribution in [1.82, 2.24) is 19.6 Å². The third-order valence-corrected chi connectivity index (χ3v) is 3.40. The topological polar surface area (TPSA) is 90.5 Å². The lowest BCUT2D eigenvalue weighted by Crippen LogP contribution is -2.36. The molecule has 2 aromatic heterocycles. The molecule has 0 aliphatic heterocycles. The maximum atomic E-state index is 12.4. The SMILES string of the molecule is CCc1noc(CN(CC)C(=O)Cn2cccc(OC)c2=O)n1. The van der Waals surface area contributed by atoms with Gasteiger partial charge in [0.15, 0.2) is 11.6 Å². The van der Waals surface area contributed by atoms with Crippen LogP contribution in [0.25, 0.3) is 0 Å². The summed E-state index contributed by atoms with van der Waals surface area (Å²) < 4.78 is 11.4. The molecule has 0 aliphatic rings. The first-order valence-electron chi connectivity index (χ1n) is 7.41. The lowest BCUT2D eigenvalue weighted by Gasteiger charge is -2.19. The molecule has 2 rings (SSSR count). The van der Waals surface area contributed by atoms with Gasteiger partial charge in [0.25, 0.3) is 5.56 Å². The highest BCUT2D eigenvalue weighted by Gasteiger charge is 2.17. The van der Waals surface area contributed by atoms with Crippen molar-refractivity contribution in [2.24, 2.45) is 0 Å². The minimum absolute atomic E-state index is 0.0708. The molecule has 2 aromatic rings. The Morgan fingerprint density at radius 3 is 2.83 bits per heavy atom. The minimum Gasteiger partial charge on any atom is -0.491 e. The van der Waals surface area contributed by atoms with E-state index in [0.29, 0.717) is 24.7 Å². The third kappa shape index (κ3) is 3.97. The Bertz CT molecular complexity index is 722. The van der Waals surface area contributed by atoms with Gasteiger partial charge in [-0.15, -0.1) is 0 Å². The molecule has 0 saturated carbocycles. The minimum atomic E-state index is -0.342. The number of carbonyl (C=O) groups excluding carboxylic acids is 1. The summed E-state index contributed by atoms with van der Waals surface area (Å²) in [5.41, 5.74) is -0.342. The van der Waals surface area contributed by atoms with Gasteiger partial charge < -0.3 is 18.7 Å². The van der Waals surface area contributed by atoms with E-state index >= 15 is 0 Å². The van der Waals surface area contributed by atoms with Crippen molar-refractivity contribution in [3.63, 3.8) is 0 Å². The van der Waals surface area contributed by atoms with Crippen molar-refractivity contribution in [3.05, 3.63) is 40.4 Å². The molecule has 0 N–H and O–H groups in total. The van der Waals surface area contributed by atoms with Crippen LogP contribution in [0.1, 0.15) is 25.6 Å². The van der Waals surface area contributed by atoms with E-state index in [1.165, 1.54) is 11.7 Å². The quantitative estimate of drug-likeness (QED) is 0.751. The average Bonchev–Trinajstić information content (AvgIpc) is 3.02. The van der Waals surface area contributed by atoms with E-state index in [1.807, 2.05) is 13.8 Å². The lowest BCUT2D eigenvalue weighted by atomic mass is 10.4. The standard InChI is InChI=1S/C15H20N4O4/c1-4-12-16-13(23-17-12)9-18(5-2)14(20)10-19-8-6-7-11(22-3)15(19)21/h6-8H,4-5,9-10H2,1-3H3. The predicted molar refractivity (Wildman–Crippen MR) is 82.0 cm³/mol. The molecule has 0 atom stereocenters. The van der Waals surface area contributed by atoms with Gasteiger partial charge in [-0.1, -0.05) is 12.1 Å². The number of nitrogens with zero attached hydrogens (tertiary/aromatic N) is 4. The van der Waals surface area contributed by atoms with Crippen LogP contribution in [0.15, 0.2) is 27.6 Å². The normalized spacial score (nSPS) is 10.6. The van der Waals surface area contributed by atoms with Crippen LogP contribution in [-0.2, 0) is 24.3 Å². The van der Waals surface area contributed by atoms with Crippen LogP contribution < -0.4 is 10.3 Å². The summed E-state index contributed by atoms with van der Waals surface area (Å²) in [5, 5.41) is 3.81. The van der Waals surface area contributed by atoms with Gasteiger partial charge in [-0.2, -0.15) is 4.98 Å². The Morgan fingerprint density at radius 1 is 1.43 bits per heavy atom. The Labute approximate surface area is 133 Å². The van der Waals surface area contributed by atoms with Gasteiger partial charge in [0.2, 0.25) is 11.8 Å². The Balaban J connectivity index is 2.09. The summed E-state index contributed by atoms with van der Waals surface area (Å²) in [5.74, 6) is 0.981. The monoisotopic (exact) mass is 320 g/mol. The van der Waals surface area contributed by atoms with Crippen molar-refractivity contribution in [1.29, 1.82) is 0 Å². The highest BCUT2D eigenvalue weighted by atomic mass is 16.5. The molecule has 0 unspecified atom stereocenters. The number of aryl methyl sites for hydroxylation is 1. The zero-order chi connectivity index (χ0) is 16.8. The summed E-state index contributed by atoms with van der Waals surface area (Å²) in [7, 11) is 1.42.